The van der Waals surface area contributed by atoms with Crippen molar-refractivity contribution in [2.24, 2.45) is 0 Å². The summed E-state index contributed by atoms with van der Waals surface area (Å²) in [5.74, 6) is -2.58. The van der Waals surface area contributed by atoms with E-state index in [1.807, 2.05) is 0 Å². The first-order valence-corrected chi connectivity index (χ1v) is 9.23. The van der Waals surface area contributed by atoms with Gasteiger partial charge in [0, 0.05) is 6.26 Å². The van der Waals surface area contributed by atoms with Crippen molar-refractivity contribution in [1.29, 1.82) is 0 Å². The highest BCUT2D eigenvalue weighted by Crippen LogP contribution is 2.29. The molecule has 0 aromatic heterocycles. The molecule has 1 unspecified atom stereocenters. The van der Waals surface area contributed by atoms with Crippen LogP contribution in [0.5, 0.6) is 0 Å². The molecule has 0 spiro atoms. The van der Waals surface area contributed by atoms with Gasteiger partial charge in [0.05, 0.1) is 6.04 Å². The highest BCUT2D eigenvalue weighted by atomic mass is 35.5. The number of sulfone groups is 1. The van der Waals surface area contributed by atoms with Crippen LogP contribution in [0.1, 0.15) is 31.4 Å². The maximum absolute atomic E-state index is 13.3. The largest absolute Gasteiger partial charge is 0.348 e. The van der Waals surface area contributed by atoms with Crippen molar-refractivity contribution in [2.45, 2.75) is 30.6 Å². The monoisotopic (exact) mass is 382 g/mol. The Labute approximate surface area is 146 Å². The lowest BCUT2D eigenvalue weighted by Gasteiger charge is -2.35. The zero-order valence-electron chi connectivity index (χ0n) is 13.4. The number of amides is 1. The molecule has 1 amide bonds. The van der Waals surface area contributed by atoms with Crippen LogP contribution in [0.2, 0.25) is 0 Å². The molecule has 1 atom stereocenters. The van der Waals surface area contributed by atoms with Gasteiger partial charge in [-0.15, -0.1) is 12.4 Å². The van der Waals surface area contributed by atoms with Gasteiger partial charge in [0.15, 0.2) is 26.2 Å². The van der Waals surface area contributed by atoms with Crippen molar-refractivity contribution >= 4 is 28.2 Å². The van der Waals surface area contributed by atoms with E-state index in [1.54, 1.807) is 6.92 Å². The van der Waals surface area contributed by atoms with Crippen LogP contribution in [0.3, 0.4) is 0 Å². The van der Waals surface area contributed by atoms with Gasteiger partial charge >= 0.3 is 0 Å². The van der Waals surface area contributed by atoms with Gasteiger partial charge in [0.2, 0.25) is 5.91 Å². The third-order valence-electron chi connectivity index (χ3n) is 4.33. The van der Waals surface area contributed by atoms with E-state index in [0.29, 0.717) is 18.7 Å². The molecule has 0 radical (unpaired) electrons. The minimum absolute atomic E-state index is 0. The molecule has 1 aromatic carbocycles. The minimum atomic E-state index is -3.62. The van der Waals surface area contributed by atoms with Crippen LogP contribution in [-0.4, -0.2) is 38.4 Å². The fourth-order valence-corrected chi connectivity index (χ4v) is 4.13. The van der Waals surface area contributed by atoms with E-state index in [1.165, 1.54) is 6.07 Å². The Morgan fingerprint density at radius 1 is 1.25 bits per heavy atom. The van der Waals surface area contributed by atoms with Gasteiger partial charge < -0.3 is 10.6 Å². The summed E-state index contributed by atoms with van der Waals surface area (Å²) < 4.78 is 49.1. The molecule has 0 bridgehead atoms. The normalized spacial score (nSPS) is 18.3. The molecule has 9 heteroatoms. The number of halogens is 3. The molecule has 1 fully saturated rings. The second-order valence-electron chi connectivity index (χ2n) is 5.89. The first-order chi connectivity index (χ1) is 10.7. The maximum atomic E-state index is 13.3. The van der Waals surface area contributed by atoms with Crippen LogP contribution in [-0.2, 0) is 14.6 Å². The van der Waals surface area contributed by atoms with Gasteiger partial charge in [-0.2, -0.15) is 0 Å². The standard InChI is InChI=1S/C15H20F2N2O3S.ClH/c1-10(11-3-4-12(16)13(17)9-11)19-14(20)15(23(2,21)22)5-7-18-8-6-15;/h3-4,9-10,18H,5-8H2,1-2H3,(H,19,20);1H. The molecule has 1 aliphatic rings. The zero-order valence-corrected chi connectivity index (χ0v) is 15.1. The number of carbonyl (C=O) groups excluding carboxylic acids is 1. The van der Waals surface area contributed by atoms with Crippen LogP contribution in [0.25, 0.3) is 0 Å². The van der Waals surface area contributed by atoms with Crippen LogP contribution in [0.15, 0.2) is 18.2 Å². The average Bonchev–Trinajstić information content (AvgIpc) is 2.49. The average molecular weight is 383 g/mol. The van der Waals surface area contributed by atoms with E-state index in [-0.39, 0.29) is 25.2 Å². The van der Waals surface area contributed by atoms with Crippen LogP contribution < -0.4 is 10.6 Å². The van der Waals surface area contributed by atoms with Crippen molar-refractivity contribution < 1.29 is 22.0 Å². The Hall–Kier alpha value is -1.25. The fraction of sp³-hybridized carbons (Fsp3) is 0.533. The van der Waals surface area contributed by atoms with Crippen molar-refractivity contribution in [2.75, 3.05) is 19.3 Å². The topological polar surface area (TPSA) is 75.3 Å². The molecule has 1 saturated heterocycles. The lowest BCUT2D eigenvalue weighted by Crippen LogP contribution is -2.57. The van der Waals surface area contributed by atoms with Gasteiger partial charge in [-0.25, -0.2) is 17.2 Å². The van der Waals surface area contributed by atoms with Crippen molar-refractivity contribution in [1.82, 2.24) is 10.6 Å². The zero-order chi connectivity index (χ0) is 17.3. The highest BCUT2D eigenvalue weighted by molar-refractivity contribution is 7.92. The number of carbonyl (C=O) groups is 1. The second kappa shape index (κ2) is 7.76. The Bertz CT molecular complexity index is 707. The summed E-state index contributed by atoms with van der Waals surface area (Å²) in [5, 5.41) is 5.65. The number of hydrogen-bond donors (Lipinski definition) is 2. The number of benzene rings is 1. The molecule has 2 rings (SSSR count). The van der Waals surface area contributed by atoms with Gasteiger partial charge in [-0.05, 0) is 50.6 Å². The van der Waals surface area contributed by atoms with E-state index in [9.17, 15) is 22.0 Å². The molecule has 2 N–H and O–H groups in total. The van der Waals surface area contributed by atoms with Crippen LogP contribution in [0, 0.1) is 11.6 Å². The Kier molecular flexibility index (Phi) is 6.72. The molecule has 0 saturated carbocycles. The minimum Gasteiger partial charge on any atom is -0.348 e. The third-order valence-corrected chi connectivity index (χ3v) is 6.34. The molecule has 1 heterocycles. The van der Waals surface area contributed by atoms with Gasteiger partial charge in [-0.3, -0.25) is 4.79 Å². The molecule has 5 nitrogen and oxygen atoms in total. The molecular weight excluding hydrogens is 362 g/mol. The SMILES string of the molecule is CC(NC(=O)C1(S(C)(=O)=O)CCNCC1)c1ccc(F)c(F)c1.Cl. The van der Waals surface area contributed by atoms with Crippen molar-refractivity contribution in [3.63, 3.8) is 0 Å². The Morgan fingerprint density at radius 3 is 2.33 bits per heavy atom. The number of hydrogen-bond acceptors (Lipinski definition) is 4. The quantitative estimate of drug-likeness (QED) is 0.831. The molecule has 24 heavy (non-hydrogen) atoms. The number of piperidine rings is 1. The highest BCUT2D eigenvalue weighted by Gasteiger charge is 2.48. The molecule has 1 aliphatic heterocycles. The van der Waals surface area contributed by atoms with Crippen molar-refractivity contribution in [3.05, 3.63) is 35.4 Å². The summed E-state index contributed by atoms with van der Waals surface area (Å²) in [5.41, 5.74) is 0.370. The molecular formula is C15H21ClF2N2O3S. The predicted molar refractivity (Wildman–Crippen MR) is 89.8 cm³/mol. The number of nitrogens with one attached hydrogen (secondary N) is 2. The lowest BCUT2D eigenvalue weighted by atomic mass is 9.95. The third kappa shape index (κ3) is 4.04. The molecule has 0 aliphatic carbocycles. The molecule has 1 aromatic rings. The smallest absolute Gasteiger partial charge is 0.242 e. The fourth-order valence-electron chi connectivity index (χ4n) is 2.79. The Morgan fingerprint density at radius 2 is 1.83 bits per heavy atom. The summed E-state index contributed by atoms with van der Waals surface area (Å²) in [6.07, 6.45) is 1.42. The van der Waals surface area contributed by atoms with E-state index >= 15 is 0 Å². The van der Waals surface area contributed by atoms with Gasteiger partial charge in [0.25, 0.3) is 0 Å². The summed E-state index contributed by atoms with van der Waals surface area (Å²) in [7, 11) is -3.62. The second-order valence-corrected chi connectivity index (χ2v) is 8.21. The summed E-state index contributed by atoms with van der Waals surface area (Å²) in [4.78, 5) is 12.6. The summed E-state index contributed by atoms with van der Waals surface area (Å²) >= 11 is 0. The maximum Gasteiger partial charge on any atom is 0.242 e. The summed E-state index contributed by atoms with van der Waals surface area (Å²) in [6, 6.07) is 2.70. The van der Waals surface area contributed by atoms with E-state index in [4.69, 9.17) is 0 Å². The summed E-state index contributed by atoms with van der Waals surface area (Å²) in [6.45, 7) is 2.46. The van der Waals surface area contributed by atoms with Gasteiger partial charge in [-0.1, -0.05) is 6.07 Å². The first kappa shape index (κ1) is 20.8. The number of rotatable bonds is 4. The van der Waals surface area contributed by atoms with E-state index in [2.05, 4.69) is 10.6 Å². The van der Waals surface area contributed by atoms with E-state index in [0.717, 1.165) is 18.4 Å². The van der Waals surface area contributed by atoms with E-state index < -0.39 is 38.2 Å². The van der Waals surface area contributed by atoms with Crippen molar-refractivity contribution in [3.8, 4) is 0 Å². The lowest BCUT2D eigenvalue weighted by molar-refractivity contribution is -0.125. The molecule has 136 valence electrons. The van der Waals surface area contributed by atoms with Crippen LogP contribution >= 0.6 is 12.4 Å². The van der Waals surface area contributed by atoms with Crippen LogP contribution in [0.4, 0.5) is 8.78 Å². The predicted octanol–water partition coefficient (Wildman–Crippen LogP) is 1.73. The Balaban J connectivity index is 0.00000288. The van der Waals surface area contributed by atoms with Gasteiger partial charge in [0.1, 0.15) is 0 Å². The first-order valence-electron chi connectivity index (χ1n) is 7.33.